The number of hydrogen-bond donors (Lipinski definition) is 0. The Morgan fingerprint density at radius 1 is 0.444 bits per heavy atom. The minimum Gasteiger partial charge on any atom is -0.440 e. The molecule has 7 nitrogen and oxygen atoms in total. The van der Waals surface area contributed by atoms with Crippen molar-refractivity contribution >= 4 is 72.3 Å². The van der Waals surface area contributed by atoms with E-state index in [2.05, 4.69) is 65.5 Å². The van der Waals surface area contributed by atoms with Crippen LogP contribution in [0.4, 0.5) is 0 Å². The van der Waals surface area contributed by atoms with Crippen LogP contribution >= 0.6 is 0 Å². The maximum absolute atomic E-state index is 6.16. The molecule has 0 N–H and O–H groups in total. The van der Waals surface area contributed by atoms with Crippen LogP contribution in [0, 0.1) is 0 Å². The zero-order chi connectivity index (χ0) is 21.4. The minimum absolute atomic E-state index is 1.10. The van der Waals surface area contributed by atoms with E-state index >= 15 is 0 Å². The molecule has 0 bridgehead atoms. The van der Waals surface area contributed by atoms with E-state index in [-0.39, 0.29) is 0 Å². The summed E-state index contributed by atoms with van der Waals surface area (Å²) in [6.07, 6.45) is 0. The molecule has 0 amide bonds. The zero-order valence-corrected chi connectivity index (χ0v) is 28.3. The molecular weight excluding hydrogens is 481 g/mol. The van der Waals surface area contributed by atoms with E-state index in [1.54, 1.807) is 0 Å². The van der Waals surface area contributed by atoms with E-state index in [1.807, 2.05) is 13.1 Å². The lowest BCUT2D eigenvalue weighted by Gasteiger charge is -2.30. The first kappa shape index (κ1) is 28.5. The third kappa shape index (κ3) is 16.9. The van der Waals surface area contributed by atoms with Crippen LogP contribution in [-0.4, -0.2) is 72.3 Å². The third-order valence-electron chi connectivity index (χ3n) is 3.02. The Balaban J connectivity index is 4.24. The lowest BCUT2D eigenvalue weighted by atomic mass is 11.8. The SMILES string of the molecule is C[SiH](C)O[Si](C)(C)O[SiH](C)O[SiH](C)O[SiH](C)O[SiH](C)O[SiH](C)O[Si](C)(C)C. The van der Waals surface area contributed by atoms with Gasteiger partial charge in [-0.25, -0.2) is 0 Å². The molecular formula is C12H42O7Si8. The van der Waals surface area contributed by atoms with E-state index in [9.17, 15) is 0 Å². The van der Waals surface area contributed by atoms with Crippen molar-refractivity contribution < 1.29 is 28.8 Å². The van der Waals surface area contributed by atoms with Crippen LogP contribution in [0.15, 0.2) is 0 Å². The molecule has 0 saturated carbocycles. The molecule has 0 aliphatic carbocycles. The van der Waals surface area contributed by atoms with Gasteiger partial charge >= 0.3 is 8.56 Å². The molecule has 0 aliphatic heterocycles. The molecule has 0 aromatic carbocycles. The average molecular weight is 523 g/mol. The Morgan fingerprint density at radius 2 is 0.778 bits per heavy atom. The van der Waals surface area contributed by atoms with Gasteiger partial charge in [0, 0.05) is 0 Å². The first-order chi connectivity index (χ1) is 12.1. The smallest absolute Gasteiger partial charge is 0.312 e. The molecule has 0 radical (unpaired) electrons. The maximum atomic E-state index is 6.16. The molecule has 0 heterocycles. The number of hydrogen-bond acceptors (Lipinski definition) is 7. The molecule has 0 fully saturated rings. The Kier molecular flexibility index (Phi) is 13.7. The maximum Gasteiger partial charge on any atom is 0.312 e. The molecule has 0 spiro atoms. The summed E-state index contributed by atoms with van der Waals surface area (Å²) in [5.74, 6) is 0. The van der Waals surface area contributed by atoms with Gasteiger partial charge in [-0.3, -0.25) is 0 Å². The second-order valence-electron chi connectivity index (χ2n) is 8.30. The molecule has 5 unspecified atom stereocenters. The van der Waals surface area contributed by atoms with Crippen LogP contribution in [0.1, 0.15) is 0 Å². The first-order valence-corrected chi connectivity index (χ1v) is 29.2. The minimum atomic E-state index is -2.07. The van der Waals surface area contributed by atoms with Gasteiger partial charge in [0.15, 0.2) is 17.4 Å². The van der Waals surface area contributed by atoms with Gasteiger partial charge in [0.1, 0.15) is 0 Å². The summed E-state index contributed by atoms with van der Waals surface area (Å²) in [5, 5.41) is 0. The van der Waals surface area contributed by atoms with E-state index in [4.69, 9.17) is 28.8 Å². The fraction of sp³-hybridized carbons (Fsp3) is 1.00. The predicted octanol–water partition coefficient (Wildman–Crippen LogP) is 1.87. The molecule has 0 aromatic heterocycles. The van der Waals surface area contributed by atoms with Gasteiger partial charge in [0.2, 0.25) is 0 Å². The second-order valence-corrected chi connectivity index (χ2v) is 30.3. The molecule has 15 heteroatoms. The fourth-order valence-corrected chi connectivity index (χ4v) is 27.8. The molecule has 164 valence electrons. The van der Waals surface area contributed by atoms with Crippen LogP contribution in [0.3, 0.4) is 0 Å². The highest BCUT2D eigenvalue weighted by atomic mass is 28.5. The van der Waals surface area contributed by atoms with Crippen LogP contribution in [0.5, 0.6) is 0 Å². The fourth-order valence-electron chi connectivity index (χ4n) is 2.72. The van der Waals surface area contributed by atoms with Crippen LogP contribution in [-0.2, 0) is 28.8 Å². The molecule has 0 rings (SSSR count). The molecule has 0 aromatic rings. The van der Waals surface area contributed by atoms with E-state index in [0.29, 0.717) is 0 Å². The van der Waals surface area contributed by atoms with Crippen molar-refractivity contribution in [2.45, 2.75) is 78.6 Å². The van der Waals surface area contributed by atoms with Crippen molar-refractivity contribution in [3.63, 3.8) is 0 Å². The molecule has 0 aliphatic rings. The normalized spacial score (nSPS) is 19.0. The predicted molar refractivity (Wildman–Crippen MR) is 132 cm³/mol. The highest BCUT2D eigenvalue weighted by molar-refractivity contribution is 6.79. The van der Waals surface area contributed by atoms with Gasteiger partial charge < -0.3 is 28.8 Å². The van der Waals surface area contributed by atoms with Gasteiger partial charge in [-0.1, -0.05) is 0 Å². The van der Waals surface area contributed by atoms with Crippen molar-refractivity contribution in [2.75, 3.05) is 0 Å². The highest BCUT2D eigenvalue weighted by Gasteiger charge is 2.30. The Morgan fingerprint density at radius 3 is 1.11 bits per heavy atom. The lowest BCUT2D eigenvalue weighted by Crippen LogP contribution is -2.46. The van der Waals surface area contributed by atoms with Crippen molar-refractivity contribution in [3.8, 4) is 0 Å². The van der Waals surface area contributed by atoms with Gasteiger partial charge in [-0.2, -0.15) is 0 Å². The topological polar surface area (TPSA) is 64.6 Å². The summed E-state index contributed by atoms with van der Waals surface area (Å²) in [6, 6.07) is 0. The van der Waals surface area contributed by atoms with Gasteiger partial charge in [0.05, 0.1) is 0 Å². The summed E-state index contributed by atoms with van der Waals surface area (Å²) in [7, 11) is -13.3. The van der Waals surface area contributed by atoms with Crippen LogP contribution in [0.25, 0.3) is 0 Å². The number of rotatable bonds is 14. The Hall–Kier alpha value is 1.46. The average Bonchev–Trinajstić information content (AvgIpc) is 2.31. The Bertz CT molecular complexity index is 412. The summed E-state index contributed by atoms with van der Waals surface area (Å²) in [4.78, 5) is 0. The molecule has 27 heavy (non-hydrogen) atoms. The van der Waals surface area contributed by atoms with E-state index in [0.717, 1.165) is 0 Å². The van der Waals surface area contributed by atoms with Crippen molar-refractivity contribution in [2.24, 2.45) is 0 Å². The van der Waals surface area contributed by atoms with Gasteiger partial charge in [-0.05, 0) is 78.6 Å². The van der Waals surface area contributed by atoms with Crippen molar-refractivity contribution in [3.05, 3.63) is 0 Å². The summed E-state index contributed by atoms with van der Waals surface area (Å²) in [6.45, 7) is 25.4. The van der Waals surface area contributed by atoms with Crippen LogP contribution in [0.2, 0.25) is 78.6 Å². The lowest BCUT2D eigenvalue weighted by molar-refractivity contribution is 0.314. The monoisotopic (exact) mass is 522 g/mol. The second kappa shape index (κ2) is 13.0. The van der Waals surface area contributed by atoms with E-state index in [1.165, 1.54) is 0 Å². The van der Waals surface area contributed by atoms with Gasteiger partial charge in [-0.15, -0.1) is 0 Å². The molecule has 5 atom stereocenters. The van der Waals surface area contributed by atoms with E-state index < -0.39 is 72.3 Å². The van der Waals surface area contributed by atoms with Crippen molar-refractivity contribution in [1.29, 1.82) is 0 Å². The first-order valence-electron chi connectivity index (χ1n) is 9.75. The Labute approximate surface area is 179 Å². The van der Waals surface area contributed by atoms with Crippen molar-refractivity contribution in [1.82, 2.24) is 0 Å². The molecule has 0 saturated heterocycles. The third-order valence-corrected chi connectivity index (χ3v) is 27.2. The highest BCUT2D eigenvalue weighted by Crippen LogP contribution is 2.12. The summed E-state index contributed by atoms with van der Waals surface area (Å²) >= 11 is 0. The van der Waals surface area contributed by atoms with Gasteiger partial charge in [0.25, 0.3) is 46.4 Å². The standard InChI is InChI=1S/C12H42O7Si8/c1-20(2)17-27(11,12)19-25(7)16-23(5)14-21(3)13-22(4)15-24(6)18-26(8,9)10/h20-25H,1-12H3. The van der Waals surface area contributed by atoms with Crippen LogP contribution < -0.4 is 0 Å². The largest absolute Gasteiger partial charge is 0.440 e. The summed E-state index contributed by atoms with van der Waals surface area (Å²) in [5.41, 5.74) is 0. The summed E-state index contributed by atoms with van der Waals surface area (Å²) < 4.78 is 42.5. The zero-order valence-electron chi connectivity index (χ0n) is 19.3. The quantitative estimate of drug-likeness (QED) is 0.323.